The molecule has 176 valence electrons. The van der Waals surface area contributed by atoms with Gasteiger partial charge < -0.3 is 25.4 Å². The van der Waals surface area contributed by atoms with E-state index in [1.165, 1.54) is 0 Å². The zero-order chi connectivity index (χ0) is 22.2. The third kappa shape index (κ3) is 9.64. The highest BCUT2D eigenvalue weighted by Gasteiger charge is 2.28. The van der Waals surface area contributed by atoms with Gasteiger partial charge in [-0.3, -0.25) is 0 Å². The van der Waals surface area contributed by atoms with Crippen LogP contribution in [0.3, 0.4) is 0 Å². The fourth-order valence-electron chi connectivity index (χ4n) is 3.43. The molecule has 31 heavy (non-hydrogen) atoms. The number of piperidine rings is 1. The van der Waals surface area contributed by atoms with Gasteiger partial charge in [0.2, 0.25) is 0 Å². The number of nitrogens with one attached hydrogen (secondary N) is 2. The van der Waals surface area contributed by atoms with Gasteiger partial charge in [0.25, 0.3) is 0 Å². The number of aliphatic imine (C=N–C) groups is 1. The number of likely N-dealkylation sites (tertiary alicyclic amines) is 1. The molecule has 0 spiro atoms. The van der Waals surface area contributed by atoms with Gasteiger partial charge in [0, 0.05) is 26.2 Å². The van der Waals surface area contributed by atoms with Crippen molar-refractivity contribution in [2.24, 2.45) is 10.9 Å². The fraction of sp³-hybridized carbons (Fsp3) is 0.652. The Morgan fingerprint density at radius 2 is 1.90 bits per heavy atom. The van der Waals surface area contributed by atoms with Gasteiger partial charge in [0.1, 0.15) is 11.2 Å². The molecule has 1 aromatic carbocycles. The van der Waals surface area contributed by atoms with Crippen LogP contribution < -0.4 is 10.6 Å². The number of nitrogens with zero attached hydrogens (tertiary/aromatic N) is 2. The highest BCUT2D eigenvalue weighted by Crippen LogP contribution is 2.21. The number of carbonyl (C=O) groups excluding carboxylic acids is 1. The molecule has 8 heteroatoms. The maximum atomic E-state index is 12.4. The Kier molecular flexibility index (Phi) is 11.1. The van der Waals surface area contributed by atoms with Crippen LogP contribution >= 0.6 is 24.0 Å². The third-order valence-corrected chi connectivity index (χ3v) is 5.01. The molecule has 0 radical (unpaired) electrons. The normalized spacial score (nSPS) is 19.1. The Balaban J connectivity index is 0.00000480. The first-order chi connectivity index (χ1) is 14.1. The molecule has 7 nitrogen and oxygen atoms in total. The van der Waals surface area contributed by atoms with Crippen molar-refractivity contribution >= 4 is 36.0 Å². The molecule has 1 fully saturated rings. The quantitative estimate of drug-likeness (QED) is 0.288. The molecule has 0 aliphatic carbocycles. The monoisotopic (exact) mass is 546 g/mol. The molecule has 0 bridgehead atoms. The Morgan fingerprint density at radius 1 is 1.23 bits per heavy atom. The largest absolute Gasteiger partial charge is 0.444 e. The van der Waals surface area contributed by atoms with Crippen LogP contribution in [-0.4, -0.2) is 60.4 Å². The molecule has 2 unspecified atom stereocenters. The molecule has 1 amide bonds. The lowest BCUT2D eigenvalue weighted by molar-refractivity contribution is 0.0168. The standard InChI is InChI=1S/C23H38N4O3.HI/c1-6-24-20(26-17-23(5,29)19-12-8-7-9-13-19)25-15-18-11-10-14-27(16-18)21(28)30-22(2,3)4;/h7-9,12-13,18,29H,6,10-11,14-17H2,1-5H3,(H2,24,25,26);1H. The number of rotatable bonds is 6. The maximum absolute atomic E-state index is 12.4. The highest BCUT2D eigenvalue weighted by atomic mass is 127. The molecular formula is C23H39IN4O3. The second kappa shape index (κ2) is 12.5. The van der Waals surface area contributed by atoms with E-state index in [-0.39, 0.29) is 36.6 Å². The lowest BCUT2D eigenvalue weighted by atomic mass is 9.96. The van der Waals surface area contributed by atoms with Crippen molar-refractivity contribution in [1.29, 1.82) is 0 Å². The third-order valence-electron chi connectivity index (χ3n) is 5.01. The molecule has 1 aliphatic heterocycles. The number of carbonyl (C=O) groups is 1. The summed E-state index contributed by atoms with van der Waals surface area (Å²) in [4.78, 5) is 18.8. The first kappa shape index (κ1) is 27.5. The van der Waals surface area contributed by atoms with Crippen molar-refractivity contribution in [3.63, 3.8) is 0 Å². The summed E-state index contributed by atoms with van der Waals surface area (Å²) in [6.45, 7) is 12.5. The van der Waals surface area contributed by atoms with Gasteiger partial charge in [-0.25, -0.2) is 9.79 Å². The number of ether oxygens (including phenoxy) is 1. The average Bonchev–Trinajstić information content (AvgIpc) is 2.70. The summed E-state index contributed by atoms with van der Waals surface area (Å²) in [5.41, 5.74) is -0.685. The van der Waals surface area contributed by atoms with E-state index in [0.29, 0.717) is 25.0 Å². The minimum absolute atomic E-state index is 0. The van der Waals surface area contributed by atoms with E-state index in [0.717, 1.165) is 31.5 Å². The summed E-state index contributed by atoms with van der Waals surface area (Å²) in [5, 5.41) is 17.4. The minimum atomic E-state index is -1.04. The van der Waals surface area contributed by atoms with Crippen molar-refractivity contribution in [1.82, 2.24) is 15.5 Å². The van der Waals surface area contributed by atoms with Crippen LogP contribution in [0.25, 0.3) is 0 Å². The van der Waals surface area contributed by atoms with Crippen LogP contribution in [0.5, 0.6) is 0 Å². The van der Waals surface area contributed by atoms with Crippen molar-refractivity contribution in [3.8, 4) is 0 Å². The van der Waals surface area contributed by atoms with E-state index in [1.54, 1.807) is 11.8 Å². The second-order valence-electron chi connectivity index (χ2n) is 9.15. The molecule has 1 aromatic rings. The van der Waals surface area contributed by atoms with E-state index in [9.17, 15) is 9.90 Å². The minimum Gasteiger partial charge on any atom is -0.444 e. The predicted molar refractivity (Wildman–Crippen MR) is 136 cm³/mol. The van der Waals surface area contributed by atoms with Crippen molar-refractivity contribution in [2.75, 3.05) is 32.7 Å². The molecule has 0 saturated carbocycles. The van der Waals surface area contributed by atoms with Crippen molar-refractivity contribution < 1.29 is 14.6 Å². The van der Waals surface area contributed by atoms with Crippen LogP contribution in [0.1, 0.15) is 53.0 Å². The SMILES string of the molecule is CCNC(=NCC(C)(O)c1ccccc1)NCC1CCCN(C(=O)OC(C)(C)C)C1.I. The summed E-state index contributed by atoms with van der Waals surface area (Å²) in [5.74, 6) is 0.993. The van der Waals surface area contributed by atoms with Crippen LogP contribution in [0.15, 0.2) is 35.3 Å². The summed E-state index contributed by atoms with van der Waals surface area (Å²) < 4.78 is 5.51. The van der Waals surface area contributed by atoms with E-state index >= 15 is 0 Å². The van der Waals surface area contributed by atoms with Gasteiger partial charge in [-0.15, -0.1) is 24.0 Å². The fourth-order valence-corrected chi connectivity index (χ4v) is 3.43. The first-order valence-corrected chi connectivity index (χ1v) is 10.9. The van der Waals surface area contributed by atoms with Crippen molar-refractivity contribution in [3.05, 3.63) is 35.9 Å². The number of hydrogen-bond donors (Lipinski definition) is 3. The Hall–Kier alpha value is -1.55. The smallest absolute Gasteiger partial charge is 0.410 e. The van der Waals surface area contributed by atoms with Crippen LogP contribution in [0.4, 0.5) is 4.79 Å². The van der Waals surface area contributed by atoms with Gasteiger partial charge in [-0.2, -0.15) is 0 Å². The number of halogens is 1. The summed E-state index contributed by atoms with van der Waals surface area (Å²) in [6, 6.07) is 9.57. The van der Waals surface area contributed by atoms with Crippen LogP contribution in [-0.2, 0) is 10.3 Å². The molecule has 2 rings (SSSR count). The van der Waals surface area contributed by atoms with Crippen molar-refractivity contribution in [2.45, 2.75) is 58.7 Å². The lowest BCUT2D eigenvalue weighted by Crippen LogP contribution is -2.47. The molecule has 1 heterocycles. The number of guanidine groups is 1. The Bertz CT molecular complexity index is 705. The zero-order valence-corrected chi connectivity index (χ0v) is 21.8. The summed E-state index contributed by atoms with van der Waals surface area (Å²) >= 11 is 0. The zero-order valence-electron chi connectivity index (χ0n) is 19.5. The van der Waals surface area contributed by atoms with Crippen LogP contribution in [0.2, 0.25) is 0 Å². The topological polar surface area (TPSA) is 86.2 Å². The first-order valence-electron chi connectivity index (χ1n) is 10.9. The Labute approximate surface area is 204 Å². The second-order valence-corrected chi connectivity index (χ2v) is 9.15. The molecule has 1 saturated heterocycles. The molecule has 1 aliphatic rings. The van der Waals surface area contributed by atoms with Gasteiger partial charge >= 0.3 is 6.09 Å². The van der Waals surface area contributed by atoms with E-state index in [4.69, 9.17) is 4.74 Å². The average molecular weight is 546 g/mol. The van der Waals surface area contributed by atoms with Crippen LogP contribution in [0, 0.1) is 5.92 Å². The molecule has 3 N–H and O–H groups in total. The molecule has 0 aromatic heterocycles. The van der Waals surface area contributed by atoms with Gasteiger partial charge in [-0.1, -0.05) is 30.3 Å². The van der Waals surface area contributed by atoms with E-state index in [2.05, 4.69) is 15.6 Å². The van der Waals surface area contributed by atoms with Gasteiger partial charge in [-0.05, 0) is 58.9 Å². The number of aliphatic hydroxyl groups is 1. The summed E-state index contributed by atoms with van der Waals surface area (Å²) in [7, 11) is 0. The predicted octanol–water partition coefficient (Wildman–Crippen LogP) is 3.71. The lowest BCUT2D eigenvalue weighted by Gasteiger charge is -2.34. The van der Waals surface area contributed by atoms with E-state index in [1.807, 2.05) is 58.0 Å². The molecule has 2 atom stereocenters. The highest BCUT2D eigenvalue weighted by molar-refractivity contribution is 14.0. The number of benzene rings is 1. The number of amides is 1. The van der Waals surface area contributed by atoms with Gasteiger partial charge in [0.05, 0.1) is 6.54 Å². The molecular weight excluding hydrogens is 507 g/mol. The Morgan fingerprint density at radius 3 is 2.52 bits per heavy atom. The maximum Gasteiger partial charge on any atom is 0.410 e. The van der Waals surface area contributed by atoms with E-state index < -0.39 is 11.2 Å². The van der Waals surface area contributed by atoms with Gasteiger partial charge in [0.15, 0.2) is 5.96 Å². The number of hydrogen-bond acceptors (Lipinski definition) is 4. The summed E-state index contributed by atoms with van der Waals surface area (Å²) in [6.07, 6.45) is 1.77.